The van der Waals surface area contributed by atoms with Crippen LogP contribution in [0.25, 0.3) is 23.3 Å². The molecule has 0 atom stereocenters. The third-order valence-electron chi connectivity index (χ3n) is 8.83. The van der Waals surface area contributed by atoms with Gasteiger partial charge in [0.15, 0.2) is 0 Å². The van der Waals surface area contributed by atoms with Crippen molar-refractivity contribution in [1.29, 1.82) is 0 Å². The number of hydrogen-bond donors (Lipinski definition) is 0. The van der Waals surface area contributed by atoms with Crippen molar-refractivity contribution >= 4 is 29.0 Å². The van der Waals surface area contributed by atoms with Crippen LogP contribution in [0.3, 0.4) is 0 Å². The molecule has 0 aliphatic heterocycles. The van der Waals surface area contributed by atoms with Gasteiger partial charge in [0, 0.05) is 31.2 Å². The van der Waals surface area contributed by atoms with Crippen molar-refractivity contribution in [1.82, 2.24) is 4.98 Å². The molecule has 1 aromatic heterocycles. The number of hydrogen-bond acceptors (Lipinski definition) is 2. The molecule has 240 valence electrons. The minimum Gasteiger partial charge on any atom is -0.372 e. The first kappa shape index (κ1) is 33.7. The first-order chi connectivity index (χ1) is 23.3. The number of aromatic nitrogens is 1. The van der Waals surface area contributed by atoms with E-state index in [0.717, 1.165) is 18.7 Å². The van der Waals surface area contributed by atoms with Crippen molar-refractivity contribution in [2.75, 3.05) is 18.0 Å². The second-order valence-electron chi connectivity index (χ2n) is 12.4. The number of nitrogens with zero attached hydrogens (tertiary/aromatic N) is 2. The quantitative estimate of drug-likeness (QED) is 0.0761. The zero-order valence-corrected chi connectivity index (χ0v) is 28.3. The van der Waals surface area contributed by atoms with Gasteiger partial charge in [0.05, 0.1) is 0 Å². The number of rotatable bonds is 17. The number of benzene rings is 4. The van der Waals surface area contributed by atoms with Gasteiger partial charge in [-0.25, -0.2) is 0 Å². The summed E-state index contributed by atoms with van der Waals surface area (Å²) in [7, 11) is 0. The molecule has 47 heavy (non-hydrogen) atoms. The highest BCUT2D eigenvalue weighted by molar-refractivity contribution is 6.04. The van der Waals surface area contributed by atoms with Crippen molar-refractivity contribution in [3.63, 3.8) is 0 Å². The Labute approximate surface area is 283 Å². The van der Waals surface area contributed by atoms with E-state index in [1.165, 1.54) is 96.0 Å². The monoisotopic (exact) mass is 618 g/mol. The van der Waals surface area contributed by atoms with E-state index in [4.69, 9.17) is 0 Å². The largest absolute Gasteiger partial charge is 0.372 e. The van der Waals surface area contributed by atoms with E-state index in [1.807, 2.05) is 24.5 Å². The molecule has 0 aliphatic carbocycles. The summed E-state index contributed by atoms with van der Waals surface area (Å²) in [5, 5.41) is 0. The zero-order chi connectivity index (χ0) is 32.5. The maximum Gasteiger partial charge on any atom is 0.0366 e. The highest BCUT2D eigenvalue weighted by Crippen LogP contribution is 2.37. The molecule has 0 bridgehead atoms. The molecule has 4 aromatic carbocycles. The first-order valence-electron chi connectivity index (χ1n) is 17.7. The van der Waals surface area contributed by atoms with Crippen molar-refractivity contribution in [2.24, 2.45) is 0 Å². The van der Waals surface area contributed by atoms with Crippen molar-refractivity contribution < 1.29 is 0 Å². The van der Waals surface area contributed by atoms with E-state index in [2.05, 4.69) is 145 Å². The Bertz CT molecular complexity index is 1640. The fourth-order valence-corrected chi connectivity index (χ4v) is 6.22. The molecule has 0 unspecified atom stereocenters. The molecule has 0 fully saturated rings. The summed E-state index contributed by atoms with van der Waals surface area (Å²) in [6.07, 6.45) is 18.3. The summed E-state index contributed by atoms with van der Waals surface area (Å²) >= 11 is 0. The zero-order valence-electron chi connectivity index (χ0n) is 28.3. The Morgan fingerprint density at radius 2 is 0.894 bits per heavy atom. The van der Waals surface area contributed by atoms with E-state index < -0.39 is 0 Å². The summed E-state index contributed by atoms with van der Waals surface area (Å²) in [6, 6.07) is 44.1. The Hall–Kier alpha value is -4.69. The summed E-state index contributed by atoms with van der Waals surface area (Å²) in [5.41, 5.74) is 11.0. The number of pyridine rings is 1. The lowest BCUT2D eigenvalue weighted by Gasteiger charge is -2.26. The molecule has 0 saturated heterocycles. The van der Waals surface area contributed by atoms with E-state index in [9.17, 15) is 0 Å². The first-order valence-corrected chi connectivity index (χ1v) is 17.7. The van der Waals surface area contributed by atoms with E-state index in [-0.39, 0.29) is 0 Å². The summed E-state index contributed by atoms with van der Waals surface area (Å²) in [5.74, 6) is 0. The van der Waals surface area contributed by atoms with E-state index in [1.54, 1.807) is 0 Å². The normalized spacial score (nSPS) is 11.9. The Balaban J connectivity index is 1.54. The van der Waals surface area contributed by atoms with Crippen LogP contribution in [0.5, 0.6) is 0 Å². The predicted molar refractivity (Wildman–Crippen MR) is 204 cm³/mol. The Kier molecular flexibility index (Phi) is 13.2. The third kappa shape index (κ3) is 9.90. The highest BCUT2D eigenvalue weighted by atomic mass is 15.1. The van der Waals surface area contributed by atoms with Gasteiger partial charge in [-0.2, -0.15) is 0 Å². The fraction of sp³-hybridized carbons (Fsp3) is 0.267. The summed E-state index contributed by atoms with van der Waals surface area (Å²) in [4.78, 5) is 6.76. The van der Waals surface area contributed by atoms with Gasteiger partial charge in [0.25, 0.3) is 0 Å². The molecule has 2 nitrogen and oxygen atoms in total. The minimum absolute atomic E-state index is 1.13. The minimum atomic E-state index is 1.13. The molecule has 5 rings (SSSR count). The van der Waals surface area contributed by atoms with Crippen molar-refractivity contribution in [2.45, 2.75) is 65.2 Å². The predicted octanol–water partition coefficient (Wildman–Crippen LogP) is 12.2. The van der Waals surface area contributed by atoms with Gasteiger partial charge >= 0.3 is 0 Å². The Morgan fingerprint density at radius 1 is 0.468 bits per heavy atom. The highest BCUT2D eigenvalue weighted by Gasteiger charge is 2.17. The van der Waals surface area contributed by atoms with Gasteiger partial charge < -0.3 is 4.90 Å². The molecule has 1 heterocycles. The van der Waals surface area contributed by atoms with Crippen LogP contribution in [0.4, 0.5) is 5.69 Å². The van der Waals surface area contributed by atoms with Crippen LogP contribution in [-0.4, -0.2) is 18.1 Å². The van der Waals surface area contributed by atoms with Crippen LogP contribution in [-0.2, 0) is 0 Å². The standard InChI is InChI=1S/C45H50N2/c1-3-5-7-15-35-47(36-16-8-6-4-2)43-29-27-42(28-30-43)45(40-19-13-10-14-20-40)44(39-17-11-9-12-18-39)41-25-23-37(24-26-41)21-22-38-31-33-46-34-32-38/h9-14,17-34H,3-8,15-16,35-36H2,1-2H3/b22-21+,45-44+. The van der Waals surface area contributed by atoms with Crippen LogP contribution in [0.1, 0.15) is 98.6 Å². The summed E-state index contributed by atoms with van der Waals surface area (Å²) in [6.45, 7) is 6.84. The van der Waals surface area contributed by atoms with Gasteiger partial charge in [-0.05, 0) is 81.6 Å². The summed E-state index contributed by atoms with van der Waals surface area (Å²) < 4.78 is 0. The molecule has 0 radical (unpaired) electrons. The van der Waals surface area contributed by atoms with Crippen molar-refractivity contribution in [3.05, 3.63) is 167 Å². The van der Waals surface area contributed by atoms with Gasteiger partial charge in [-0.15, -0.1) is 0 Å². The molecule has 0 spiro atoms. The average molecular weight is 619 g/mol. The van der Waals surface area contributed by atoms with E-state index >= 15 is 0 Å². The molecule has 0 N–H and O–H groups in total. The lowest BCUT2D eigenvalue weighted by Crippen LogP contribution is -2.25. The van der Waals surface area contributed by atoms with Gasteiger partial charge in [0.2, 0.25) is 0 Å². The smallest absolute Gasteiger partial charge is 0.0366 e. The molecular weight excluding hydrogens is 569 g/mol. The van der Waals surface area contributed by atoms with Crippen LogP contribution in [0, 0.1) is 0 Å². The SMILES string of the molecule is CCCCCCN(CCCCCC)c1ccc(/C(=C(\c2ccccc2)c2ccc(/C=C/c3ccncc3)cc2)c2ccccc2)cc1. The van der Waals surface area contributed by atoms with Gasteiger partial charge in [-0.1, -0.05) is 162 Å². The van der Waals surface area contributed by atoms with Crippen LogP contribution < -0.4 is 4.90 Å². The maximum absolute atomic E-state index is 4.13. The molecule has 5 aromatic rings. The van der Waals surface area contributed by atoms with Gasteiger partial charge in [-0.3, -0.25) is 4.98 Å². The van der Waals surface area contributed by atoms with Crippen LogP contribution in [0.2, 0.25) is 0 Å². The van der Waals surface area contributed by atoms with Crippen LogP contribution >= 0.6 is 0 Å². The second kappa shape index (κ2) is 18.5. The molecule has 0 saturated carbocycles. The molecule has 2 heteroatoms. The lowest BCUT2D eigenvalue weighted by atomic mass is 9.85. The topological polar surface area (TPSA) is 16.1 Å². The Morgan fingerprint density at radius 3 is 1.36 bits per heavy atom. The van der Waals surface area contributed by atoms with Crippen LogP contribution in [0.15, 0.2) is 134 Å². The molecular formula is C45H50N2. The number of anilines is 1. The maximum atomic E-state index is 4.13. The molecule has 0 amide bonds. The third-order valence-corrected chi connectivity index (χ3v) is 8.83. The van der Waals surface area contributed by atoms with Crippen molar-refractivity contribution in [3.8, 4) is 0 Å². The van der Waals surface area contributed by atoms with E-state index in [0.29, 0.717) is 0 Å². The fourth-order valence-electron chi connectivity index (χ4n) is 6.22. The lowest BCUT2D eigenvalue weighted by molar-refractivity contribution is 0.609. The molecule has 0 aliphatic rings. The van der Waals surface area contributed by atoms with Gasteiger partial charge in [0.1, 0.15) is 0 Å². The second-order valence-corrected chi connectivity index (χ2v) is 12.4. The average Bonchev–Trinajstić information content (AvgIpc) is 3.14. The number of unbranched alkanes of at least 4 members (excludes halogenated alkanes) is 6.